The molecule has 1 heterocycles. The Kier molecular flexibility index (Phi) is 3.23. The molecule has 4 heteroatoms. The van der Waals surface area contributed by atoms with Gasteiger partial charge in [0.1, 0.15) is 6.29 Å². The van der Waals surface area contributed by atoms with Gasteiger partial charge in [-0.3, -0.25) is 4.79 Å². The smallest absolute Gasteiger partial charge is 0.150 e. The zero-order chi connectivity index (χ0) is 10.1. The lowest BCUT2D eigenvalue weighted by molar-refractivity contribution is 0.112. The van der Waals surface area contributed by atoms with E-state index in [-0.39, 0.29) is 0 Å². The lowest BCUT2D eigenvalue weighted by Crippen LogP contribution is -1.91. The predicted octanol–water partition coefficient (Wildman–Crippen LogP) is 4.21. The van der Waals surface area contributed by atoms with E-state index in [1.165, 1.54) is 10.1 Å². The van der Waals surface area contributed by atoms with Crippen molar-refractivity contribution in [2.24, 2.45) is 0 Å². The van der Waals surface area contributed by atoms with E-state index in [0.717, 1.165) is 26.3 Å². The molecule has 1 aromatic heterocycles. The fourth-order valence-electron chi connectivity index (χ4n) is 1.43. The molecule has 0 saturated carbocycles. The highest BCUT2D eigenvalue weighted by Crippen LogP contribution is 2.32. The van der Waals surface area contributed by atoms with Crippen molar-refractivity contribution in [2.45, 2.75) is 5.33 Å². The van der Waals surface area contributed by atoms with Gasteiger partial charge in [-0.2, -0.15) is 0 Å². The molecular weight excluding hydrogens is 375 g/mol. The number of thiophene rings is 1. The van der Waals surface area contributed by atoms with Crippen LogP contribution in [-0.2, 0) is 5.33 Å². The standard InChI is InChI=1S/C10H6BrIOS/c11-4-8-6(5-13)3-9(12)10-7(8)1-2-14-10/h1-3,5H,4H2. The highest BCUT2D eigenvalue weighted by Gasteiger charge is 2.10. The van der Waals surface area contributed by atoms with Crippen LogP contribution in [0.15, 0.2) is 17.5 Å². The number of halogens is 2. The SMILES string of the molecule is O=Cc1cc(I)c2sccc2c1CBr. The van der Waals surface area contributed by atoms with Crippen molar-refractivity contribution in [2.75, 3.05) is 0 Å². The Hall–Kier alpha value is 0.0600. The van der Waals surface area contributed by atoms with E-state index in [4.69, 9.17) is 0 Å². The summed E-state index contributed by atoms with van der Waals surface area (Å²) in [6.07, 6.45) is 0.926. The van der Waals surface area contributed by atoms with E-state index in [0.29, 0.717) is 0 Å². The number of hydrogen-bond acceptors (Lipinski definition) is 2. The van der Waals surface area contributed by atoms with Crippen LogP contribution in [0.1, 0.15) is 15.9 Å². The molecule has 0 aliphatic rings. The second-order valence-electron chi connectivity index (χ2n) is 2.84. The maximum Gasteiger partial charge on any atom is 0.150 e. The molecule has 1 aromatic carbocycles. The molecule has 72 valence electrons. The van der Waals surface area contributed by atoms with Crippen molar-refractivity contribution < 1.29 is 4.79 Å². The van der Waals surface area contributed by atoms with E-state index in [2.05, 4.69) is 50.0 Å². The van der Waals surface area contributed by atoms with Gasteiger partial charge in [-0.1, -0.05) is 15.9 Å². The molecule has 0 amide bonds. The van der Waals surface area contributed by atoms with Crippen molar-refractivity contribution in [3.63, 3.8) is 0 Å². The molecule has 0 N–H and O–H groups in total. The molecule has 0 unspecified atom stereocenters. The van der Waals surface area contributed by atoms with Gasteiger partial charge in [-0.25, -0.2) is 0 Å². The van der Waals surface area contributed by atoms with Crippen molar-refractivity contribution in [1.29, 1.82) is 0 Å². The Bertz CT molecular complexity index is 492. The third-order valence-corrected chi connectivity index (χ3v) is 4.82. The summed E-state index contributed by atoms with van der Waals surface area (Å²) in [5.41, 5.74) is 1.88. The topological polar surface area (TPSA) is 17.1 Å². The van der Waals surface area contributed by atoms with Crippen LogP contribution in [0.3, 0.4) is 0 Å². The highest BCUT2D eigenvalue weighted by molar-refractivity contribution is 14.1. The van der Waals surface area contributed by atoms with Crippen LogP contribution in [-0.4, -0.2) is 6.29 Å². The number of rotatable bonds is 2. The van der Waals surface area contributed by atoms with Crippen molar-refractivity contribution >= 4 is 66.2 Å². The Balaban J connectivity index is 2.88. The second-order valence-corrected chi connectivity index (χ2v) is 5.48. The van der Waals surface area contributed by atoms with Gasteiger partial charge in [0, 0.05) is 19.2 Å². The van der Waals surface area contributed by atoms with Crippen LogP contribution >= 0.6 is 49.9 Å². The summed E-state index contributed by atoms with van der Waals surface area (Å²) in [5, 5.41) is 3.99. The Morgan fingerprint density at radius 3 is 3.00 bits per heavy atom. The van der Waals surface area contributed by atoms with Crippen LogP contribution in [0.4, 0.5) is 0 Å². The van der Waals surface area contributed by atoms with Gasteiger partial charge in [0.05, 0.1) is 0 Å². The summed E-state index contributed by atoms with van der Waals surface area (Å²) in [4.78, 5) is 10.9. The summed E-state index contributed by atoms with van der Waals surface area (Å²) in [7, 11) is 0. The van der Waals surface area contributed by atoms with Crippen LogP contribution < -0.4 is 0 Å². The first kappa shape index (κ1) is 10.6. The van der Waals surface area contributed by atoms with Crippen molar-refractivity contribution in [1.82, 2.24) is 0 Å². The predicted molar refractivity (Wildman–Crippen MR) is 72.6 cm³/mol. The van der Waals surface area contributed by atoms with Gasteiger partial charge in [-0.05, 0) is 51.1 Å². The van der Waals surface area contributed by atoms with Crippen LogP contribution in [0.2, 0.25) is 0 Å². The highest BCUT2D eigenvalue weighted by atomic mass is 127. The van der Waals surface area contributed by atoms with Crippen molar-refractivity contribution in [3.05, 3.63) is 32.2 Å². The van der Waals surface area contributed by atoms with E-state index in [1.807, 2.05) is 6.07 Å². The van der Waals surface area contributed by atoms with Gasteiger partial charge in [0.2, 0.25) is 0 Å². The normalized spacial score (nSPS) is 10.7. The van der Waals surface area contributed by atoms with Crippen LogP contribution in [0.25, 0.3) is 10.1 Å². The number of carbonyl (C=O) groups is 1. The molecule has 0 aliphatic heterocycles. The van der Waals surface area contributed by atoms with E-state index < -0.39 is 0 Å². The minimum Gasteiger partial charge on any atom is -0.298 e. The quantitative estimate of drug-likeness (QED) is 0.433. The fourth-order valence-corrected chi connectivity index (χ4v) is 3.89. The zero-order valence-corrected chi connectivity index (χ0v) is 11.6. The van der Waals surface area contributed by atoms with E-state index in [1.54, 1.807) is 11.3 Å². The number of hydrogen-bond donors (Lipinski definition) is 0. The first-order valence-corrected chi connectivity index (χ1v) is 7.05. The van der Waals surface area contributed by atoms with Gasteiger partial charge >= 0.3 is 0 Å². The molecule has 2 aromatic rings. The first-order chi connectivity index (χ1) is 6.77. The summed E-state index contributed by atoms with van der Waals surface area (Å²) in [6.45, 7) is 0. The Morgan fingerprint density at radius 2 is 2.36 bits per heavy atom. The van der Waals surface area contributed by atoms with Crippen LogP contribution in [0.5, 0.6) is 0 Å². The van der Waals surface area contributed by atoms with Gasteiger partial charge in [0.25, 0.3) is 0 Å². The lowest BCUT2D eigenvalue weighted by atomic mass is 10.1. The molecule has 14 heavy (non-hydrogen) atoms. The number of fused-ring (bicyclic) bond motifs is 1. The van der Waals surface area contributed by atoms with Gasteiger partial charge < -0.3 is 0 Å². The van der Waals surface area contributed by atoms with E-state index in [9.17, 15) is 4.79 Å². The molecule has 0 saturated heterocycles. The minimum absolute atomic E-state index is 0.727. The van der Waals surface area contributed by atoms with E-state index >= 15 is 0 Å². The summed E-state index contributed by atoms with van der Waals surface area (Å²) in [5.74, 6) is 0. The Morgan fingerprint density at radius 1 is 1.57 bits per heavy atom. The monoisotopic (exact) mass is 380 g/mol. The molecule has 0 spiro atoms. The summed E-state index contributed by atoms with van der Waals surface area (Å²) < 4.78 is 2.42. The second kappa shape index (κ2) is 4.28. The number of benzene rings is 1. The third-order valence-electron chi connectivity index (χ3n) is 2.10. The molecule has 0 atom stereocenters. The molecule has 0 aliphatic carbocycles. The number of aldehydes is 1. The summed E-state index contributed by atoms with van der Waals surface area (Å²) in [6, 6.07) is 4.02. The lowest BCUT2D eigenvalue weighted by Gasteiger charge is -2.04. The van der Waals surface area contributed by atoms with Crippen molar-refractivity contribution in [3.8, 4) is 0 Å². The number of alkyl halides is 1. The molecule has 0 radical (unpaired) electrons. The Labute approximate surface area is 108 Å². The zero-order valence-electron chi connectivity index (χ0n) is 7.09. The van der Waals surface area contributed by atoms with Gasteiger partial charge in [-0.15, -0.1) is 11.3 Å². The molecule has 0 fully saturated rings. The third kappa shape index (κ3) is 1.63. The average molecular weight is 381 g/mol. The maximum absolute atomic E-state index is 10.9. The molecular formula is C10H6BrIOS. The molecule has 2 rings (SSSR count). The molecule has 1 nitrogen and oxygen atoms in total. The maximum atomic E-state index is 10.9. The summed E-state index contributed by atoms with van der Waals surface area (Å²) >= 11 is 7.41. The number of carbonyl (C=O) groups excluding carboxylic acids is 1. The van der Waals surface area contributed by atoms with Gasteiger partial charge in [0.15, 0.2) is 0 Å². The van der Waals surface area contributed by atoms with Crippen LogP contribution in [0, 0.1) is 3.57 Å². The first-order valence-electron chi connectivity index (χ1n) is 3.97. The molecule has 0 bridgehead atoms. The largest absolute Gasteiger partial charge is 0.298 e. The average Bonchev–Trinajstić information content (AvgIpc) is 2.66. The fraction of sp³-hybridized carbons (Fsp3) is 0.100. The minimum atomic E-state index is 0.727.